The first kappa shape index (κ1) is 21.9. The summed E-state index contributed by atoms with van der Waals surface area (Å²) in [5, 5.41) is 9.90. The Morgan fingerprint density at radius 3 is 2.25 bits per heavy atom. The van der Waals surface area contributed by atoms with E-state index < -0.39 is 27.2 Å². The Morgan fingerprint density at radius 2 is 1.79 bits per heavy atom. The van der Waals surface area contributed by atoms with Gasteiger partial charge in [0, 0.05) is 12.6 Å². The van der Waals surface area contributed by atoms with Crippen molar-refractivity contribution in [2.24, 2.45) is 0 Å². The third-order valence-electron chi connectivity index (χ3n) is 3.98. The Morgan fingerprint density at radius 1 is 1.21 bits per heavy atom. The Labute approximate surface area is 164 Å². The lowest BCUT2D eigenvalue weighted by Crippen LogP contribution is -2.39. The van der Waals surface area contributed by atoms with Gasteiger partial charge in [0.05, 0.1) is 28.3 Å². The van der Waals surface area contributed by atoms with E-state index in [1.165, 1.54) is 45.2 Å². The van der Waals surface area contributed by atoms with Gasteiger partial charge >= 0.3 is 0 Å². The van der Waals surface area contributed by atoms with Crippen LogP contribution in [0.5, 0.6) is 0 Å². The van der Waals surface area contributed by atoms with Crippen LogP contribution >= 0.6 is 0 Å². The maximum atomic E-state index is 13.3. The topological polar surface area (TPSA) is 100 Å². The van der Waals surface area contributed by atoms with Crippen molar-refractivity contribution in [2.75, 3.05) is 17.1 Å². The minimum atomic E-state index is -3.93. The van der Waals surface area contributed by atoms with Gasteiger partial charge < -0.3 is 5.11 Å². The Kier molecular flexibility index (Phi) is 6.20. The molecule has 9 heteroatoms. The molecule has 0 radical (unpaired) electrons. The number of benzene rings is 1. The van der Waals surface area contributed by atoms with Crippen molar-refractivity contribution in [2.45, 2.75) is 39.2 Å². The highest BCUT2D eigenvalue weighted by Gasteiger charge is 2.30. The van der Waals surface area contributed by atoms with Crippen molar-refractivity contribution in [1.82, 2.24) is 9.97 Å². The molecule has 0 spiro atoms. The number of sulfonamides is 1. The van der Waals surface area contributed by atoms with Gasteiger partial charge in [-0.15, -0.1) is 0 Å². The lowest BCUT2D eigenvalue weighted by molar-refractivity contribution is 0.105. The molecule has 0 bridgehead atoms. The fourth-order valence-electron chi connectivity index (χ4n) is 2.67. The molecule has 0 fully saturated rings. The molecule has 0 saturated heterocycles. The molecule has 28 heavy (non-hydrogen) atoms. The Balaban J connectivity index is 2.69. The number of hydrogen-bond acceptors (Lipinski definition) is 6. The number of hydrogen-bond donors (Lipinski definition) is 1. The van der Waals surface area contributed by atoms with E-state index in [2.05, 4.69) is 9.97 Å². The molecule has 1 aromatic heterocycles. The highest BCUT2D eigenvalue weighted by atomic mass is 32.2. The van der Waals surface area contributed by atoms with E-state index in [0.717, 1.165) is 4.31 Å². The lowest BCUT2D eigenvalue weighted by atomic mass is 9.99. The smallest absolute Gasteiger partial charge is 0.240 e. The van der Waals surface area contributed by atoms with Crippen molar-refractivity contribution >= 4 is 22.3 Å². The molecule has 152 valence electrons. The second kappa shape index (κ2) is 7.92. The van der Waals surface area contributed by atoms with Crippen LogP contribution in [0, 0.1) is 5.82 Å². The van der Waals surface area contributed by atoms with Crippen LogP contribution < -0.4 is 4.31 Å². The van der Waals surface area contributed by atoms with Gasteiger partial charge in [0.25, 0.3) is 0 Å². The molecule has 2 aromatic rings. The van der Waals surface area contributed by atoms with E-state index in [4.69, 9.17) is 0 Å². The summed E-state index contributed by atoms with van der Waals surface area (Å²) in [6.45, 7) is 6.41. The van der Waals surface area contributed by atoms with E-state index in [1.54, 1.807) is 0 Å². The van der Waals surface area contributed by atoms with Gasteiger partial charge in [-0.1, -0.05) is 13.8 Å². The molecule has 0 saturated carbocycles. The summed E-state index contributed by atoms with van der Waals surface area (Å²) < 4.78 is 39.5. The monoisotopic (exact) mass is 409 g/mol. The molecule has 7 nitrogen and oxygen atoms in total. The third-order valence-corrected chi connectivity index (χ3v) is 6.05. The average molecular weight is 409 g/mol. The SMILES string of the molecule is CC(C)c1nc(N(C)S(=O)(=O)CC(C)(C)O)nc(-c2ccc(F)cc2)c1C=O. The fourth-order valence-corrected chi connectivity index (χ4v) is 4.08. The summed E-state index contributed by atoms with van der Waals surface area (Å²) in [5.41, 5.74) is -0.170. The van der Waals surface area contributed by atoms with Crippen LogP contribution in [0.2, 0.25) is 0 Å². The number of nitrogens with zero attached hydrogens (tertiary/aromatic N) is 3. The molecule has 2 rings (SSSR count). The number of anilines is 1. The largest absolute Gasteiger partial charge is 0.389 e. The molecule has 0 aliphatic heterocycles. The van der Waals surface area contributed by atoms with Gasteiger partial charge in [0.1, 0.15) is 5.82 Å². The quantitative estimate of drug-likeness (QED) is 0.706. The number of rotatable bonds is 7. The Hall–Kier alpha value is -2.39. The highest BCUT2D eigenvalue weighted by molar-refractivity contribution is 7.92. The zero-order valence-corrected chi connectivity index (χ0v) is 17.3. The van der Waals surface area contributed by atoms with Crippen LogP contribution in [0.3, 0.4) is 0 Å². The molecule has 0 unspecified atom stereocenters. The predicted octanol–water partition coefficient (Wildman–Crippen LogP) is 2.76. The molecular formula is C19H24FN3O4S. The second-order valence-corrected chi connectivity index (χ2v) is 9.49. The number of aldehydes is 1. The zero-order chi connectivity index (χ0) is 21.3. The number of aromatic nitrogens is 2. The van der Waals surface area contributed by atoms with Crippen LogP contribution in [-0.2, 0) is 10.0 Å². The van der Waals surface area contributed by atoms with Gasteiger partial charge in [0.15, 0.2) is 6.29 Å². The molecule has 1 N–H and O–H groups in total. The van der Waals surface area contributed by atoms with Crippen LogP contribution in [-0.4, -0.2) is 48.2 Å². The summed E-state index contributed by atoms with van der Waals surface area (Å²) in [7, 11) is -2.64. The minimum Gasteiger partial charge on any atom is -0.389 e. The highest BCUT2D eigenvalue weighted by Crippen LogP contribution is 2.29. The van der Waals surface area contributed by atoms with E-state index >= 15 is 0 Å². The van der Waals surface area contributed by atoms with Crippen molar-refractivity contribution in [1.29, 1.82) is 0 Å². The van der Waals surface area contributed by atoms with Crippen LogP contribution in [0.4, 0.5) is 10.3 Å². The fraction of sp³-hybridized carbons (Fsp3) is 0.421. The summed E-state index contributed by atoms with van der Waals surface area (Å²) >= 11 is 0. The van der Waals surface area contributed by atoms with Crippen molar-refractivity contribution in [3.05, 3.63) is 41.3 Å². The van der Waals surface area contributed by atoms with Gasteiger partial charge in [-0.25, -0.2) is 27.1 Å². The average Bonchev–Trinajstić information content (AvgIpc) is 2.58. The molecule has 0 amide bonds. The first-order chi connectivity index (χ1) is 12.9. The van der Waals surface area contributed by atoms with Crippen LogP contribution in [0.15, 0.2) is 24.3 Å². The maximum absolute atomic E-state index is 13.3. The first-order valence-corrected chi connectivity index (χ1v) is 10.3. The molecular weight excluding hydrogens is 385 g/mol. The van der Waals surface area contributed by atoms with Gasteiger partial charge in [-0.3, -0.25) is 4.79 Å². The second-order valence-electron chi connectivity index (χ2n) is 7.49. The molecule has 0 aliphatic carbocycles. The molecule has 1 aromatic carbocycles. The predicted molar refractivity (Wildman–Crippen MR) is 105 cm³/mol. The standard InChI is InChI=1S/C19H24FN3O4S/c1-12(2)16-15(10-24)17(13-6-8-14(20)9-7-13)22-18(21-16)23(5)28(26,27)11-19(3,4)25/h6-10,12,25H,11H2,1-5H3. The Bertz CT molecular complexity index is 968. The summed E-state index contributed by atoms with van der Waals surface area (Å²) in [4.78, 5) is 20.3. The van der Waals surface area contributed by atoms with E-state index in [9.17, 15) is 22.7 Å². The van der Waals surface area contributed by atoms with Crippen molar-refractivity contribution in [3.63, 3.8) is 0 Å². The summed E-state index contributed by atoms with van der Waals surface area (Å²) in [5.74, 6) is -1.29. The van der Waals surface area contributed by atoms with E-state index in [-0.39, 0.29) is 23.1 Å². The molecule has 1 heterocycles. The van der Waals surface area contributed by atoms with E-state index in [0.29, 0.717) is 17.5 Å². The van der Waals surface area contributed by atoms with Crippen LogP contribution in [0.25, 0.3) is 11.3 Å². The number of aliphatic hydroxyl groups is 1. The zero-order valence-electron chi connectivity index (χ0n) is 16.5. The van der Waals surface area contributed by atoms with Gasteiger partial charge in [-0.2, -0.15) is 0 Å². The van der Waals surface area contributed by atoms with Gasteiger partial charge in [0.2, 0.25) is 16.0 Å². The normalized spacial score (nSPS) is 12.3. The molecule has 0 atom stereocenters. The van der Waals surface area contributed by atoms with Gasteiger partial charge in [-0.05, 0) is 44.0 Å². The summed E-state index contributed by atoms with van der Waals surface area (Å²) in [6.07, 6.45) is 0.614. The first-order valence-electron chi connectivity index (χ1n) is 8.68. The van der Waals surface area contributed by atoms with Crippen molar-refractivity contribution in [3.8, 4) is 11.3 Å². The number of halogens is 1. The number of carbonyl (C=O) groups is 1. The van der Waals surface area contributed by atoms with E-state index in [1.807, 2.05) is 13.8 Å². The maximum Gasteiger partial charge on any atom is 0.240 e. The minimum absolute atomic E-state index is 0.127. The third kappa shape index (κ3) is 4.90. The van der Waals surface area contributed by atoms with Crippen molar-refractivity contribution < 1.29 is 22.7 Å². The molecule has 0 aliphatic rings. The summed E-state index contributed by atoms with van der Waals surface area (Å²) in [6, 6.07) is 5.39. The van der Waals surface area contributed by atoms with Crippen LogP contribution in [0.1, 0.15) is 49.7 Å². The number of carbonyl (C=O) groups excluding carboxylic acids is 1. The lowest BCUT2D eigenvalue weighted by Gasteiger charge is -2.24.